The Morgan fingerprint density at radius 1 is 0.632 bits per heavy atom. The SMILES string of the molecule is CC[C@H](C)[C@@H]([C@@H](CC(=O)N1CCC[C@H]1[C@H](OC)[C@@H](C)C(=O)N[C@@H](Cc1ccccc1)C(=O)NCc1ccc(NC(=O)[C@H](CCCNC(N)=O)NC(=O)[C@@H](NC(=O)CCC(=O)N2CCC(C(=O)Oc3c(F)c(F)c(F)c(F)c3F)CC2C)C(C)C)cc1)OC)N(C)C(=O)[C@@H](NC(=O)[C@H](C(C)C)N(C)C)C(C)C. The number of nitrogens with one attached hydrogen (secondary N) is 7. The summed E-state index contributed by atoms with van der Waals surface area (Å²) in [6.07, 6.45) is -0.549. The molecule has 0 aromatic heterocycles. The first kappa shape index (κ1) is 87.8. The van der Waals surface area contributed by atoms with Gasteiger partial charge in [-0.3, -0.25) is 52.8 Å². The molecule has 106 heavy (non-hydrogen) atoms. The molecule has 13 atom stereocenters. The molecule has 0 bridgehead atoms. The van der Waals surface area contributed by atoms with E-state index in [-0.39, 0.29) is 100 Å². The van der Waals surface area contributed by atoms with E-state index in [4.69, 9.17) is 15.2 Å². The highest BCUT2D eigenvalue weighted by Crippen LogP contribution is 2.34. The molecule has 3 aromatic carbocycles. The van der Waals surface area contributed by atoms with Crippen LogP contribution < -0.4 is 47.7 Å². The summed E-state index contributed by atoms with van der Waals surface area (Å²) >= 11 is 0. The van der Waals surface area contributed by atoms with Crippen molar-refractivity contribution in [2.45, 2.75) is 207 Å². The average Bonchev–Trinajstić information content (AvgIpc) is 0.894. The Morgan fingerprint density at radius 3 is 1.80 bits per heavy atom. The third-order valence-corrected chi connectivity index (χ3v) is 19.9. The van der Waals surface area contributed by atoms with Crippen LogP contribution in [0.3, 0.4) is 0 Å². The number of likely N-dealkylation sites (tertiary alicyclic amines) is 2. The summed E-state index contributed by atoms with van der Waals surface area (Å²) < 4.78 is 86.4. The molecule has 5 rings (SSSR count). The van der Waals surface area contributed by atoms with Crippen LogP contribution in [0.2, 0.25) is 0 Å². The number of urea groups is 1. The predicted octanol–water partition coefficient (Wildman–Crippen LogP) is 6.40. The minimum atomic E-state index is -2.42. The number of anilines is 1. The lowest BCUT2D eigenvalue weighted by molar-refractivity contribution is -0.148. The van der Waals surface area contributed by atoms with Gasteiger partial charge in [-0.05, 0) is 106 Å². The van der Waals surface area contributed by atoms with Crippen LogP contribution in [0.5, 0.6) is 5.75 Å². The fraction of sp³-hybridized carbons (Fsp3) is 0.613. The van der Waals surface area contributed by atoms with Crippen LogP contribution in [0.15, 0.2) is 54.6 Å². The molecular formula is C75H109F5N12O14. The normalized spacial score (nSPS) is 18.1. The molecule has 9 N–H and O–H groups in total. The van der Waals surface area contributed by atoms with Gasteiger partial charge in [0.25, 0.3) is 0 Å². The van der Waals surface area contributed by atoms with Crippen LogP contribution in [0.25, 0.3) is 0 Å². The van der Waals surface area contributed by atoms with Crippen LogP contribution in [-0.2, 0) is 70.4 Å². The van der Waals surface area contributed by atoms with Crippen molar-refractivity contribution in [3.8, 4) is 5.75 Å². The van der Waals surface area contributed by atoms with Gasteiger partial charge in [-0.1, -0.05) is 111 Å². The third kappa shape index (κ3) is 24.1. The van der Waals surface area contributed by atoms with Gasteiger partial charge >= 0.3 is 12.0 Å². The average molecular weight is 1500 g/mol. The van der Waals surface area contributed by atoms with Gasteiger partial charge in [0, 0.05) is 78.4 Å². The molecule has 2 unspecified atom stereocenters. The molecule has 0 saturated carbocycles. The molecule has 11 amide bonds. The van der Waals surface area contributed by atoms with Gasteiger partial charge < -0.3 is 71.9 Å². The van der Waals surface area contributed by atoms with E-state index in [9.17, 15) is 74.7 Å². The number of esters is 1. The standard InChI is InChI=1S/C75H109F5N12O14/c1-16-43(8)65(90(13)73(101)63(41(4)5)88-72(100)64(42(6)7)89(11)12)53(104-14)38-56(95)92-34-21-25-52(92)66(105-15)45(10)68(96)86-51(37-46-22-18-17-19-23-46)69(97)83-39-47-26-28-49(29-27-47)84-70(98)50(24-20-33-82-75(81)103)85-71(99)62(40(2)3)87-54(93)30-31-55(94)91-35-32-48(36-44(91)9)74(102)106-67-60(79)58(77)57(76)59(78)61(67)80/h17-19,22-23,26-29,40-45,48,50-53,62-66H,16,20-21,24-25,30-39H2,1-15H3,(H,83,97)(H,84,98)(H,85,99)(H,86,96)(H,87,93)(H,88,100)(H3,81,82,103)/t43-,44?,45+,48?,50-,51-,52-,53+,62-,63-,64-,65-,66+/m0/s1. The van der Waals surface area contributed by atoms with Gasteiger partial charge in [-0.2, -0.15) is 8.78 Å². The number of methoxy groups -OCH3 is 2. The van der Waals surface area contributed by atoms with Crippen LogP contribution in [0.1, 0.15) is 145 Å². The van der Waals surface area contributed by atoms with Crippen molar-refractivity contribution in [1.82, 2.24) is 51.5 Å². The van der Waals surface area contributed by atoms with Crippen LogP contribution in [0.4, 0.5) is 32.4 Å². The maximum atomic E-state index is 14.7. The Morgan fingerprint density at radius 2 is 1.25 bits per heavy atom. The zero-order valence-electron chi connectivity index (χ0n) is 63.5. The van der Waals surface area contributed by atoms with E-state index >= 15 is 0 Å². The summed E-state index contributed by atoms with van der Waals surface area (Å²) in [4.78, 5) is 157. The van der Waals surface area contributed by atoms with Crippen LogP contribution in [-0.4, -0.2) is 200 Å². The number of ether oxygens (including phenoxy) is 3. The molecule has 588 valence electrons. The van der Waals surface area contributed by atoms with E-state index in [1.807, 2.05) is 90.9 Å². The number of carbonyl (C=O) groups is 11. The first-order valence-electron chi connectivity index (χ1n) is 36.2. The summed E-state index contributed by atoms with van der Waals surface area (Å²) in [7, 11) is 8.31. The van der Waals surface area contributed by atoms with Crippen molar-refractivity contribution in [1.29, 1.82) is 0 Å². The van der Waals surface area contributed by atoms with Crippen molar-refractivity contribution < 1.29 is 88.9 Å². The fourth-order valence-electron chi connectivity index (χ4n) is 13.8. The number of amides is 11. The summed E-state index contributed by atoms with van der Waals surface area (Å²) in [6, 6.07) is 8.08. The maximum Gasteiger partial charge on any atom is 0.314 e. The number of carbonyl (C=O) groups excluding carboxylic acids is 11. The third-order valence-electron chi connectivity index (χ3n) is 19.9. The molecular weight excluding hydrogens is 1390 g/mol. The molecule has 2 saturated heterocycles. The number of halogens is 5. The Hall–Kier alpha value is -8.84. The molecule has 2 aliphatic heterocycles. The van der Waals surface area contributed by atoms with E-state index in [1.165, 1.54) is 19.1 Å². The quantitative estimate of drug-likeness (QED) is 0.00769. The number of nitrogens with two attached hydrogens (primary N) is 1. The number of piperidine rings is 1. The lowest BCUT2D eigenvalue weighted by Crippen LogP contribution is -2.59. The van der Waals surface area contributed by atoms with E-state index in [0.717, 1.165) is 5.56 Å². The highest BCUT2D eigenvalue weighted by Gasteiger charge is 2.45. The Kier molecular flexibility index (Phi) is 34.2. The molecule has 2 fully saturated rings. The van der Waals surface area contributed by atoms with Gasteiger partial charge in [0.05, 0.1) is 48.6 Å². The van der Waals surface area contributed by atoms with Gasteiger partial charge in [-0.15, -0.1) is 0 Å². The summed E-state index contributed by atoms with van der Waals surface area (Å²) in [6.45, 7) is 18.5. The summed E-state index contributed by atoms with van der Waals surface area (Å²) in [5.41, 5.74) is 6.91. The van der Waals surface area contributed by atoms with Crippen LogP contribution >= 0.6 is 0 Å². The van der Waals surface area contributed by atoms with E-state index in [2.05, 4.69) is 42.0 Å². The highest BCUT2D eigenvalue weighted by atomic mass is 19.2. The number of benzene rings is 3. The second-order valence-electron chi connectivity index (χ2n) is 28.9. The smallest absolute Gasteiger partial charge is 0.314 e. The number of rotatable bonds is 38. The zero-order chi connectivity index (χ0) is 79.1. The Bertz CT molecular complexity index is 3480. The summed E-state index contributed by atoms with van der Waals surface area (Å²) in [5, 5.41) is 19.4. The minimum Gasteiger partial charge on any atom is -0.420 e. The molecule has 26 nitrogen and oxygen atoms in total. The maximum absolute atomic E-state index is 14.7. The molecule has 0 aliphatic carbocycles. The lowest BCUT2D eigenvalue weighted by atomic mass is 9.89. The molecule has 0 radical (unpaired) electrons. The first-order valence-corrected chi connectivity index (χ1v) is 36.2. The zero-order valence-corrected chi connectivity index (χ0v) is 63.5. The van der Waals surface area contributed by atoms with Crippen molar-refractivity contribution >= 4 is 70.9 Å². The monoisotopic (exact) mass is 1500 g/mol. The minimum absolute atomic E-state index is 0.0115. The predicted molar refractivity (Wildman–Crippen MR) is 385 cm³/mol. The molecule has 2 aliphatic rings. The van der Waals surface area contributed by atoms with Crippen LogP contribution in [0, 0.1) is 64.6 Å². The van der Waals surface area contributed by atoms with Crippen molar-refractivity contribution in [2.24, 2.45) is 41.2 Å². The molecule has 0 spiro atoms. The topological polar surface area (TPSA) is 339 Å². The Labute approximate surface area is 618 Å². The van der Waals surface area contributed by atoms with E-state index in [0.29, 0.717) is 37.1 Å². The van der Waals surface area contributed by atoms with Gasteiger partial charge in [0.1, 0.15) is 24.2 Å². The van der Waals surface area contributed by atoms with E-state index < -0.39 is 167 Å². The lowest BCUT2D eigenvalue weighted by Gasteiger charge is -2.41. The molecule has 3 aromatic rings. The van der Waals surface area contributed by atoms with E-state index in [1.54, 1.807) is 68.8 Å². The Balaban J connectivity index is 1.20. The summed E-state index contributed by atoms with van der Waals surface area (Å²) in [5.74, 6) is -22.0. The largest absolute Gasteiger partial charge is 0.420 e. The number of likely N-dealkylation sites (N-methyl/N-ethyl adjacent to an activating group) is 2. The number of hydrogen-bond donors (Lipinski definition) is 8. The van der Waals surface area contributed by atoms with Crippen molar-refractivity contribution in [3.05, 3.63) is 94.8 Å². The number of hydrogen-bond acceptors (Lipinski definition) is 15. The number of primary amides is 1. The van der Waals surface area contributed by atoms with Gasteiger partial charge in [-0.25, -0.2) is 18.0 Å². The van der Waals surface area contributed by atoms with Gasteiger partial charge in [0.15, 0.2) is 0 Å². The van der Waals surface area contributed by atoms with Gasteiger partial charge in [0.2, 0.25) is 88.0 Å². The van der Waals surface area contributed by atoms with Crippen molar-refractivity contribution in [3.63, 3.8) is 0 Å². The van der Waals surface area contributed by atoms with Crippen molar-refractivity contribution in [2.75, 3.05) is 60.3 Å². The fourth-order valence-corrected chi connectivity index (χ4v) is 13.8. The molecule has 31 heteroatoms. The number of nitrogens with zero attached hydrogens (tertiary/aromatic N) is 4. The first-order chi connectivity index (χ1) is 50.0. The second kappa shape index (κ2) is 41.3. The highest BCUT2D eigenvalue weighted by molar-refractivity contribution is 5.99. The molecule has 2 heterocycles. The second-order valence-corrected chi connectivity index (χ2v) is 28.9.